The molecule has 7 nitrogen and oxygen atoms in total. The lowest BCUT2D eigenvalue weighted by molar-refractivity contribution is -0.141. The highest BCUT2D eigenvalue weighted by Crippen LogP contribution is 2.39. The predicted molar refractivity (Wildman–Crippen MR) is 156 cm³/mol. The second kappa shape index (κ2) is 12.2. The number of urea groups is 1. The van der Waals surface area contributed by atoms with Crippen LogP contribution in [0.3, 0.4) is 0 Å². The normalized spacial score (nSPS) is 15.1. The number of carbonyl (C=O) groups is 2. The lowest BCUT2D eigenvalue weighted by atomic mass is 9.94. The molecule has 1 aliphatic rings. The number of amides is 2. The van der Waals surface area contributed by atoms with E-state index in [1.807, 2.05) is 55.6 Å². The standard InChI is InChI=1S/C23H26I3N3O4/c1-27-10-4-6-17(21(30)31)13-16-5-2-7-18(14-16)28-11-12-29(22(28)32)19-8-3-9-20(15-19)33-23(24,25)26/h2-3,5,7-9,14-15,17,27H,4,6,10-13H2,1H3,(H,30,31). The summed E-state index contributed by atoms with van der Waals surface area (Å²) in [5.41, 5.74) is 2.51. The lowest BCUT2D eigenvalue weighted by Crippen LogP contribution is -2.31. The van der Waals surface area contributed by atoms with Crippen LogP contribution in [0.25, 0.3) is 0 Å². The Labute approximate surface area is 235 Å². The van der Waals surface area contributed by atoms with E-state index in [9.17, 15) is 14.7 Å². The molecular weight excluding hydrogens is 763 g/mol. The molecule has 0 radical (unpaired) electrons. The number of carboxylic acid groups (broad SMARTS) is 1. The fourth-order valence-corrected chi connectivity index (χ4v) is 4.60. The number of carbonyl (C=O) groups excluding carboxylic acids is 1. The van der Waals surface area contributed by atoms with Gasteiger partial charge in [-0.1, -0.05) is 18.2 Å². The van der Waals surface area contributed by atoms with Gasteiger partial charge in [0.2, 0.25) is 0 Å². The zero-order chi connectivity index (χ0) is 24.0. The van der Waals surface area contributed by atoms with Crippen molar-refractivity contribution in [2.45, 2.75) is 18.9 Å². The molecule has 178 valence electrons. The van der Waals surface area contributed by atoms with Gasteiger partial charge in [0.1, 0.15) is 5.75 Å². The number of carboxylic acids is 1. The van der Waals surface area contributed by atoms with Crippen molar-refractivity contribution in [1.82, 2.24) is 5.32 Å². The Morgan fingerprint density at radius 1 is 1.12 bits per heavy atom. The predicted octanol–water partition coefficient (Wildman–Crippen LogP) is 5.67. The summed E-state index contributed by atoms with van der Waals surface area (Å²) in [7, 11) is 1.86. The molecule has 0 spiro atoms. The first-order valence-electron chi connectivity index (χ1n) is 10.6. The maximum atomic E-state index is 13.2. The molecule has 0 aromatic heterocycles. The largest absolute Gasteiger partial charge is 0.481 e. The van der Waals surface area contributed by atoms with Gasteiger partial charge in [0.25, 0.3) is -0.379 Å². The fourth-order valence-electron chi connectivity index (χ4n) is 3.84. The zero-order valence-corrected chi connectivity index (χ0v) is 24.6. The van der Waals surface area contributed by atoms with Crippen LogP contribution in [-0.2, 0) is 11.2 Å². The number of hydrogen-bond acceptors (Lipinski definition) is 4. The monoisotopic (exact) mass is 789 g/mol. The van der Waals surface area contributed by atoms with E-state index in [-0.39, 0.29) is 6.03 Å². The third-order valence-corrected chi connectivity index (χ3v) is 6.07. The van der Waals surface area contributed by atoms with Gasteiger partial charge in [-0.25, -0.2) is 4.79 Å². The van der Waals surface area contributed by atoms with Crippen LogP contribution < -0.4 is 19.9 Å². The molecular formula is C23H26I3N3O4. The number of rotatable bonds is 11. The Morgan fingerprint density at radius 2 is 1.76 bits per heavy atom. The minimum absolute atomic E-state index is 0.0993. The second-order valence-electron chi connectivity index (χ2n) is 7.79. The average Bonchev–Trinajstić information content (AvgIpc) is 3.13. The van der Waals surface area contributed by atoms with Gasteiger partial charge in [0, 0.05) is 30.5 Å². The molecule has 0 saturated carbocycles. The molecule has 10 heteroatoms. The van der Waals surface area contributed by atoms with Gasteiger partial charge in [0.05, 0.1) is 5.92 Å². The van der Waals surface area contributed by atoms with E-state index >= 15 is 0 Å². The van der Waals surface area contributed by atoms with Crippen molar-refractivity contribution in [3.63, 3.8) is 0 Å². The van der Waals surface area contributed by atoms with Crippen LogP contribution in [-0.4, -0.2) is 43.4 Å². The van der Waals surface area contributed by atoms with Gasteiger partial charge >= 0.3 is 12.0 Å². The number of benzene rings is 2. The molecule has 33 heavy (non-hydrogen) atoms. The smallest absolute Gasteiger partial charge is 0.329 e. The summed E-state index contributed by atoms with van der Waals surface area (Å²) in [6.45, 7) is 1.92. The van der Waals surface area contributed by atoms with Crippen LogP contribution in [0.5, 0.6) is 5.75 Å². The summed E-state index contributed by atoms with van der Waals surface area (Å²) in [6, 6.07) is 15.1. The summed E-state index contributed by atoms with van der Waals surface area (Å²) >= 11 is 6.61. The molecule has 2 aromatic carbocycles. The molecule has 1 fully saturated rings. The average molecular weight is 789 g/mol. The maximum Gasteiger partial charge on any atom is 0.329 e. The second-order valence-corrected chi connectivity index (χ2v) is 18.5. The fraction of sp³-hybridized carbons (Fsp3) is 0.391. The summed E-state index contributed by atoms with van der Waals surface area (Å²) < 4.78 is 5.50. The quantitative estimate of drug-likeness (QED) is 0.174. The Balaban J connectivity index is 1.72. The summed E-state index contributed by atoms with van der Waals surface area (Å²) in [6.07, 6.45) is 1.87. The Morgan fingerprint density at radius 3 is 2.36 bits per heavy atom. The number of nitrogens with one attached hydrogen (secondary N) is 1. The zero-order valence-electron chi connectivity index (χ0n) is 18.1. The molecule has 3 rings (SSSR count). The molecule has 1 unspecified atom stereocenters. The number of alkyl halides is 3. The molecule has 0 bridgehead atoms. The van der Waals surface area contributed by atoms with Gasteiger partial charge < -0.3 is 15.2 Å². The highest BCUT2D eigenvalue weighted by molar-refractivity contribution is 14.3. The minimum atomic E-state index is -0.782. The van der Waals surface area contributed by atoms with Crippen LogP contribution in [0.2, 0.25) is 0 Å². The number of hydrogen-bond donors (Lipinski definition) is 2. The van der Waals surface area contributed by atoms with Crippen molar-refractivity contribution < 1.29 is 19.4 Å². The van der Waals surface area contributed by atoms with Gasteiger partial charge in [-0.3, -0.25) is 14.6 Å². The summed E-state index contributed by atoms with van der Waals surface area (Å²) in [4.78, 5) is 28.4. The number of aliphatic carboxylic acids is 1. The van der Waals surface area contributed by atoms with Crippen molar-refractivity contribution in [3.05, 3.63) is 54.1 Å². The van der Waals surface area contributed by atoms with Crippen LogP contribution in [0.15, 0.2) is 48.5 Å². The van der Waals surface area contributed by atoms with Crippen molar-refractivity contribution in [2.75, 3.05) is 36.5 Å². The Hall–Kier alpha value is -0.870. The highest BCUT2D eigenvalue weighted by Gasteiger charge is 2.31. The first kappa shape index (κ1) is 26.7. The van der Waals surface area contributed by atoms with Gasteiger partial charge in [0.15, 0.2) is 0 Å². The van der Waals surface area contributed by atoms with Crippen LogP contribution >= 0.6 is 67.8 Å². The van der Waals surface area contributed by atoms with Gasteiger partial charge in [-0.05, 0) is 130 Å². The van der Waals surface area contributed by atoms with E-state index in [0.717, 1.165) is 29.9 Å². The number of ether oxygens (including phenoxy) is 1. The molecule has 1 saturated heterocycles. The third kappa shape index (κ3) is 7.82. The van der Waals surface area contributed by atoms with Crippen molar-refractivity contribution in [1.29, 1.82) is 0 Å². The van der Waals surface area contributed by atoms with Gasteiger partial charge in [-0.2, -0.15) is 0 Å². The first-order valence-corrected chi connectivity index (χ1v) is 13.8. The summed E-state index contributed by atoms with van der Waals surface area (Å²) in [5.74, 6) is -0.518. The van der Waals surface area contributed by atoms with Crippen molar-refractivity contribution >= 4 is 91.1 Å². The van der Waals surface area contributed by atoms with E-state index in [1.165, 1.54) is 0 Å². The molecule has 2 aromatic rings. The third-order valence-electron chi connectivity index (χ3n) is 5.40. The SMILES string of the molecule is CNCCCC(Cc1cccc(N2CCN(c3cccc(OC(I)(I)I)c3)C2=O)c1)C(=O)O. The molecule has 1 heterocycles. The summed E-state index contributed by atoms with van der Waals surface area (Å²) in [5, 5.41) is 12.7. The van der Waals surface area contributed by atoms with Crippen molar-refractivity contribution in [3.8, 4) is 5.75 Å². The molecule has 1 atom stereocenters. The number of nitrogens with zero attached hydrogens (tertiary/aromatic N) is 2. The topological polar surface area (TPSA) is 82.1 Å². The van der Waals surface area contributed by atoms with E-state index in [1.54, 1.807) is 9.80 Å². The molecule has 2 amide bonds. The highest BCUT2D eigenvalue weighted by atomic mass is 127. The van der Waals surface area contributed by atoms with E-state index < -0.39 is 11.5 Å². The maximum absolute atomic E-state index is 13.2. The van der Waals surface area contributed by atoms with Crippen LogP contribution in [0, 0.1) is 5.92 Å². The number of anilines is 2. The van der Waals surface area contributed by atoms with Crippen LogP contribution in [0.4, 0.5) is 16.2 Å². The Kier molecular flexibility index (Phi) is 9.88. The van der Waals surface area contributed by atoms with E-state index in [0.29, 0.717) is 31.7 Å². The number of halogens is 3. The minimum Gasteiger partial charge on any atom is -0.481 e. The lowest BCUT2D eigenvalue weighted by Gasteiger charge is -2.21. The van der Waals surface area contributed by atoms with Crippen LogP contribution in [0.1, 0.15) is 18.4 Å². The molecule has 0 aliphatic carbocycles. The van der Waals surface area contributed by atoms with E-state index in [2.05, 4.69) is 73.1 Å². The molecule has 2 N–H and O–H groups in total. The first-order chi connectivity index (χ1) is 15.7. The molecule has 1 aliphatic heterocycles. The van der Waals surface area contributed by atoms with Gasteiger partial charge in [-0.15, -0.1) is 0 Å². The van der Waals surface area contributed by atoms with Crippen molar-refractivity contribution in [2.24, 2.45) is 5.92 Å². The van der Waals surface area contributed by atoms with E-state index in [4.69, 9.17) is 4.74 Å². The Bertz CT molecular complexity index is 983.